The maximum atomic E-state index is 10.5. The van der Waals surface area contributed by atoms with Crippen LogP contribution in [0.5, 0.6) is 5.75 Å². The SMILES string of the molecule is Oc1cc(Cl)ccc1-c1nnc(NC2CC3(CC(O)C3)C2)c2c1C1CCC(C2)O1. The topological polar surface area (TPSA) is 87.5 Å². The van der Waals surface area contributed by atoms with Crippen molar-refractivity contribution in [2.45, 2.75) is 69.3 Å². The van der Waals surface area contributed by atoms with Gasteiger partial charge in [0.05, 0.1) is 18.3 Å². The van der Waals surface area contributed by atoms with Crippen LogP contribution in [0.25, 0.3) is 11.3 Å². The summed E-state index contributed by atoms with van der Waals surface area (Å²) in [7, 11) is 0. The fourth-order valence-electron chi connectivity index (χ4n) is 5.91. The number of nitrogens with one attached hydrogen (secondary N) is 1. The first kappa shape index (κ1) is 17.9. The first-order chi connectivity index (χ1) is 14.0. The number of fused-ring (bicyclic) bond motifs is 4. The number of nitrogens with zero attached hydrogens (tertiary/aromatic N) is 2. The van der Waals surface area contributed by atoms with Crippen LogP contribution < -0.4 is 5.32 Å². The number of ether oxygens (including phenoxy) is 1. The molecule has 0 radical (unpaired) electrons. The Morgan fingerprint density at radius 3 is 2.72 bits per heavy atom. The minimum Gasteiger partial charge on any atom is -0.507 e. The molecule has 4 aliphatic rings. The second-order valence-corrected chi connectivity index (χ2v) is 9.73. The highest BCUT2D eigenvalue weighted by Gasteiger charge is 2.52. The molecule has 152 valence electrons. The van der Waals surface area contributed by atoms with Crippen LogP contribution in [0.3, 0.4) is 0 Å². The van der Waals surface area contributed by atoms with Crippen molar-refractivity contribution < 1.29 is 14.9 Å². The third-order valence-electron chi connectivity index (χ3n) is 7.23. The molecule has 2 saturated carbocycles. The Hall–Kier alpha value is -1.89. The molecule has 7 heteroatoms. The van der Waals surface area contributed by atoms with E-state index in [9.17, 15) is 10.2 Å². The molecule has 2 aromatic rings. The van der Waals surface area contributed by atoms with Crippen molar-refractivity contribution >= 4 is 17.4 Å². The zero-order chi connectivity index (χ0) is 19.8. The molecule has 29 heavy (non-hydrogen) atoms. The number of halogens is 1. The minimum absolute atomic E-state index is 0.000565. The molecule has 2 atom stereocenters. The summed E-state index contributed by atoms with van der Waals surface area (Å²) in [6.07, 6.45) is 6.99. The van der Waals surface area contributed by atoms with Gasteiger partial charge in [0.1, 0.15) is 11.4 Å². The lowest BCUT2D eigenvalue weighted by Gasteiger charge is -2.56. The fourth-order valence-corrected chi connectivity index (χ4v) is 6.07. The summed E-state index contributed by atoms with van der Waals surface area (Å²) in [5.74, 6) is 0.969. The lowest BCUT2D eigenvalue weighted by atomic mass is 9.53. The summed E-state index contributed by atoms with van der Waals surface area (Å²) >= 11 is 6.02. The summed E-state index contributed by atoms with van der Waals surface area (Å²) in [5, 5.41) is 33.3. The number of rotatable bonds is 3. The van der Waals surface area contributed by atoms with Gasteiger partial charge in [0, 0.05) is 34.2 Å². The highest BCUT2D eigenvalue weighted by Crippen LogP contribution is 2.57. The maximum absolute atomic E-state index is 10.5. The van der Waals surface area contributed by atoms with Gasteiger partial charge in [-0.1, -0.05) is 11.6 Å². The molecule has 1 aromatic heterocycles. The Kier molecular flexibility index (Phi) is 3.90. The normalized spacial score (nSPS) is 34.4. The molecule has 1 spiro atoms. The lowest BCUT2D eigenvalue weighted by molar-refractivity contribution is -0.0868. The third-order valence-corrected chi connectivity index (χ3v) is 7.46. The van der Waals surface area contributed by atoms with E-state index in [-0.39, 0.29) is 24.1 Å². The molecule has 6 rings (SSSR count). The average Bonchev–Trinajstić information content (AvgIpc) is 3.01. The van der Waals surface area contributed by atoms with Gasteiger partial charge in [-0.15, -0.1) is 10.2 Å². The summed E-state index contributed by atoms with van der Waals surface area (Å²) < 4.78 is 6.19. The summed E-state index contributed by atoms with van der Waals surface area (Å²) in [6, 6.07) is 5.49. The molecule has 2 bridgehead atoms. The lowest BCUT2D eigenvalue weighted by Crippen LogP contribution is -2.54. The Morgan fingerprint density at radius 1 is 1.14 bits per heavy atom. The molecule has 1 aromatic carbocycles. The van der Waals surface area contributed by atoms with Gasteiger partial charge in [-0.05, 0) is 62.1 Å². The number of phenols is 1. The summed E-state index contributed by atoms with van der Waals surface area (Å²) in [5.41, 5.74) is 3.92. The van der Waals surface area contributed by atoms with Crippen molar-refractivity contribution in [2.24, 2.45) is 5.41 Å². The van der Waals surface area contributed by atoms with Crippen molar-refractivity contribution in [2.75, 3.05) is 5.32 Å². The van der Waals surface area contributed by atoms with Crippen LogP contribution in [0.2, 0.25) is 5.02 Å². The number of hydrogen-bond donors (Lipinski definition) is 3. The fraction of sp³-hybridized carbons (Fsp3) is 0.545. The number of aliphatic hydroxyl groups is 1. The van der Waals surface area contributed by atoms with Gasteiger partial charge in [-0.25, -0.2) is 0 Å². The van der Waals surface area contributed by atoms with Gasteiger partial charge in [0.15, 0.2) is 5.82 Å². The smallest absolute Gasteiger partial charge is 0.152 e. The molecular formula is C22H24ClN3O3. The molecule has 2 unspecified atom stereocenters. The first-order valence-corrected chi connectivity index (χ1v) is 10.9. The van der Waals surface area contributed by atoms with E-state index in [1.165, 1.54) is 5.56 Å². The van der Waals surface area contributed by atoms with Crippen LogP contribution in [0.1, 0.15) is 55.8 Å². The Morgan fingerprint density at radius 2 is 1.97 bits per heavy atom. The van der Waals surface area contributed by atoms with Gasteiger partial charge >= 0.3 is 0 Å². The largest absolute Gasteiger partial charge is 0.507 e. The second-order valence-electron chi connectivity index (χ2n) is 9.29. The van der Waals surface area contributed by atoms with Crippen molar-refractivity contribution in [1.82, 2.24) is 10.2 Å². The summed E-state index contributed by atoms with van der Waals surface area (Å²) in [4.78, 5) is 0. The van der Waals surface area contributed by atoms with E-state index in [4.69, 9.17) is 16.3 Å². The number of benzene rings is 1. The van der Waals surface area contributed by atoms with E-state index in [0.29, 0.717) is 27.7 Å². The van der Waals surface area contributed by atoms with Crippen LogP contribution in [0.4, 0.5) is 5.82 Å². The molecule has 6 nitrogen and oxygen atoms in total. The standard InChI is InChI=1S/C22H24ClN3O3/c23-11-1-3-15(17(28)5-11)20-19-16(6-14-2-4-18(19)29-14)21(26-25-20)24-12-7-22(8-12)9-13(27)10-22/h1,3,5,12-14,18,27-28H,2,4,6-10H2,(H,24,26). The second kappa shape index (κ2) is 6.30. The van der Waals surface area contributed by atoms with E-state index in [2.05, 4.69) is 15.5 Å². The van der Waals surface area contributed by atoms with Crippen LogP contribution in [0, 0.1) is 5.41 Å². The maximum Gasteiger partial charge on any atom is 0.152 e. The van der Waals surface area contributed by atoms with Gasteiger partial charge in [-0.2, -0.15) is 0 Å². The van der Waals surface area contributed by atoms with Crippen LogP contribution in [-0.2, 0) is 11.2 Å². The number of aromatic hydroxyl groups is 1. The van der Waals surface area contributed by atoms with Crippen molar-refractivity contribution in [3.63, 3.8) is 0 Å². The predicted molar refractivity (Wildman–Crippen MR) is 109 cm³/mol. The zero-order valence-corrected chi connectivity index (χ0v) is 16.8. The number of aliphatic hydroxyl groups excluding tert-OH is 1. The van der Waals surface area contributed by atoms with Gasteiger partial charge in [0.25, 0.3) is 0 Å². The molecule has 3 N–H and O–H groups in total. The van der Waals surface area contributed by atoms with E-state index < -0.39 is 0 Å². The molecule has 3 heterocycles. The van der Waals surface area contributed by atoms with Crippen molar-refractivity contribution in [3.8, 4) is 17.0 Å². The van der Waals surface area contributed by atoms with Gasteiger partial charge in [0.2, 0.25) is 0 Å². The Bertz CT molecular complexity index is 984. The van der Waals surface area contributed by atoms with E-state index in [0.717, 1.165) is 56.3 Å². The predicted octanol–water partition coefficient (Wildman–Crippen LogP) is 3.99. The van der Waals surface area contributed by atoms with Crippen LogP contribution in [-0.4, -0.2) is 38.7 Å². The van der Waals surface area contributed by atoms with Gasteiger partial charge < -0.3 is 20.3 Å². The molecule has 2 aliphatic heterocycles. The monoisotopic (exact) mass is 413 g/mol. The third kappa shape index (κ3) is 2.84. The molecular weight excluding hydrogens is 390 g/mol. The molecule has 3 fully saturated rings. The van der Waals surface area contributed by atoms with Crippen LogP contribution >= 0.6 is 11.6 Å². The molecule has 2 aliphatic carbocycles. The minimum atomic E-state index is -0.109. The highest BCUT2D eigenvalue weighted by atomic mass is 35.5. The Labute approximate surface area is 174 Å². The van der Waals surface area contributed by atoms with Gasteiger partial charge in [-0.3, -0.25) is 0 Å². The molecule has 0 amide bonds. The number of hydrogen-bond acceptors (Lipinski definition) is 6. The first-order valence-electron chi connectivity index (χ1n) is 10.5. The number of anilines is 1. The summed E-state index contributed by atoms with van der Waals surface area (Å²) in [6.45, 7) is 0. The average molecular weight is 414 g/mol. The van der Waals surface area contributed by atoms with Crippen molar-refractivity contribution in [3.05, 3.63) is 34.3 Å². The Balaban J connectivity index is 1.35. The zero-order valence-electron chi connectivity index (χ0n) is 16.1. The van der Waals surface area contributed by atoms with Crippen molar-refractivity contribution in [1.29, 1.82) is 0 Å². The molecule has 1 saturated heterocycles. The highest BCUT2D eigenvalue weighted by molar-refractivity contribution is 6.30. The number of aromatic nitrogens is 2. The van der Waals surface area contributed by atoms with E-state index in [1.54, 1.807) is 18.2 Å². The van der Waals surface area contributed by atoms with E-state index in [1.807, 2.05) is 0 Å². The number of phenolic OH excluding ortho intramolecular Hbond substituents is 1. The van der Waals surface area contributed by atoms with E-state index >= 15 is 0 Å². The quantitative estimate of drug-likeness (QED) is 0.705. The van der Waals surface area contributed by atoms with Crippen LogP contribution in [0.15, 0.2) is 18.2 Å².